The first-order valence-corrected chi connectivity index (χ1v) is 5.84. The van der Waals surface area contributed by atoms with Crippen LogP contribution in [0.4, 0.5) is 5.69 Å². The van der Waals surface area contributed by atoms with E-state index < -0.39 is 0 Å². The lowest BCUT2D eigenvalue weighted by Crippen LogP contribution is -2.07. The van der Waals surface area contributed by atoms with Gasteiger partial charge in [-0.05, 0) is 39.7 Å². The van der Waals surface area contributed by atoms with E-state index in [2.05, 4.69) is 56.1 Å². The van der Waals surface area contributed by atoms with Crippen molar-refractivity contribution in [3.8, 4) is 11.1 Å². The molecule has 0 atom stereocenters. The predicted octanol–water partition coefficient (Wildman–Crippen LogP) is 3.58. The summed E-state index contributed by atoms with van der Waals surface area (Å²) in [6.45, 7) is 0. The number of hydrogen-bond acceptors (Lipinski definition) is 2. The topological polar surface area (TPSA) is 16.1 Å². The van der Waals surface area contributed by atoms with Gasteiger partial charge < -0.3 is 4.90 Å². The minimum Gasteiger partial charge on any atom is -0.378 e. The van der Waals surface area contributed by atoms with E-state index in [0.717, 1.165) is 10.0 Å². The van der Waals surface area contributed by atoms with Crippen LogP contribution in [0, 0.1) is 0 Å². The molecular weight excluding hydrogens is 264 g/mol. The van der Waals surface area contributed by atoms with Crippen LogP contribution < -0.4 is 4.90 Å². The Bertz CT molecular complexity index is 478. The summed E-state index contributed by atoms with van der Waals surface area (Å²) in [5.74, 6) is 0. The third-order valence-corrected chi connectivity index (χ3v) is 2.86. The largest absolute Gasteiger partial charge is 0.378 e. The highest BCUT2D eigenvalue weighted by Gasteiger charge is 2.00. The van der Waals surface area contributed by atoms with E-state index >= 15 is 0 Å². The molecule has 0 aliphatic carbocycles. The standard InChI is InChI=1S/C13H13BrN2/c1-16(2)13-5-3-10(4-6-13)11-7-12(14)9-15-8-11/h3-9H,1-2H3. The van der Waals surface area contributed by atoms with Crippen LogP contribution in [0.25, 0.3) is 11.1 Å². The Morgan fingerprint density at radius 3 is 2.25 bits per heavy atom. The molecule has 0 aliphatic heterocycles. The summed E-state index contributed by atoms with van der Waals surface area (Å²) in [4.78, 5) is 6.25. The first kappa shape index (κ1) is 11.1. The van der Waals surface area contributed by atoms with E-state index in [1.165, 1.54) is 11.3 Å². The maximum atomic E-state index is 4.16. The first-order valence-electron chi connectivity index (χ1n) is 5.05. The number of hydrogen-bond donors (Lipinski definition) is 0. The van der Waals surface area contributed by atoms with Crippen molar-refractivity contribution in [2.75, 3.05) is 19.0 Å². The lowest BCUT2D eigenvalue weighted by Gasteiger charge is -2.12. The molecule has 2 nitrogen and oxygen atoms in total. The quantitative estimate of drug-likeness (QED) is 0.834. The molecule has 3 heteroatoms. The van der Waals surface area contributed by atoms with Gasteiger partial charge in [-0.2, -0.15) is 0 Å². The molecule has 0 saturated heterocycles. The number of halogens is 1. The monoisotopic (exact) mass is 276 g/mol. The average molecular weight is 277 g/mol. The molecule has 0 amide bonds. The molecule has 2 aromatic rings. The van der Waals surface area contributed by atoms with E-state index in [-0.39, 0.29) is 0 Å². The van der Waals surface area contributed by atoms with Crippen LogP contribution in [0.5, 0.6) is 0 Å². The molecule has 0 fully saturated rings. The molecule has 0 saturated carbocycles. The smallest absolute Gasteiger partial charge is 0.0410 e. The van der Waals surface area contributed by atoms with E-state index in [0.29, 0.717) is 0 Å². The van der Waals surface area contributed by atoms with Crippen molar-refractivity contribution in [3.63, 3.8) is 0 Å². The number of benzene rings is 1. The maximum absolute atomic E-state index is 4.16. The van der Waals surface area contributed by atoms with Crippen molar-refractivity contribution in [1.29, 1.82) is 0 Å². The fraction of sp³-hybridized carbons (Fsp3) is 0.154. The molecule has 1 aromatic carbocycles. The van der Waals surface area contributed by atoms with Gasteiger partial charge >= 0.3 is 0 Å². The van der Waals surface area contributed by atoms with Crippen molar-refractivity contribution in [2.45, 2.75) is 0 Å². The molecule has 0 N–H and O–H groups in total. The Kier molecular flexibility index (Phi) is 3.25. The lowest BCUT2D eigenvalue weighted by molar-refractivity contribution is 1.13. The second-order valence-electron chi connectivity index (χ2n) is 3.83. The summed E-state index contributed by atoms with van der Waals surface area (Å²) in [6, 6.07) is 10.5. The van der Waals surface area contributed by atoms with Crippen LogP contribution in [-0.2, 0) is 0 Å². The molecular formula is C13H13BrN2. The summed E-state index contributed by atoms with van der Waals surface area (Å²) in [5.41, 5.74) is 3.51. The van der Waals surface area contributed by atoms with Gasteiger partial charge in [0.1, 0.15) is 0 Å². The zero-order valence-electron chi connectivity index (χ0n) is 9.31. The molecule has 1 heterocycles. The van der Waals surface area contributed by atoms with Gasteiger partial charge in [0.25, 0.3) is 0 Å². The van der Waals surface area contributed by atoms with Gasteiger partial charge in [0.2, 0.25) is 0 Å². The number of nitrogens with zero attached hydrogens (tertiary/aromatic N) is 2. The van der Waals surface area contributed by atoms with Crippen LogP contribution in [0.3, 0.4) is 0 Å². The molecule has 2 rings (SSSR count). The van der Waals surface area contributed by atoms with Crippen LogP contribution in [0.15, 0.2) is 47.2 Å². The van der Waals surface area contributed by atoms with Crippen LogP contribution in [0.2, 0.25) is 0 Å². The Labute approximate surface area is 104 Å². The fourth-order valence-electron chi connectivity index (χ4n) is 1.52. The lowest BCUT2D eigenvalue weighted by atomic mass is 10.1. The Morgan fingerprint density at radius 1 is 1.00 bits per heavy atom. The number of anilines is 1. The summed E-state index contributed by atoms with van der Waals surface area (Å²) in [6.07, 6.45) is 3.66. The van der Waals surface area contributed by atoms with Gasteiger partial charge in [-0.3, -0.25) is 4.98 Å². The molecule has 0 radical (unpaired) electrons. The minimum atomic E-state index is 1.00. The van der Waals surface area contributed by atoms with Gasteiger partial charge in [-0.1, -0.05) is 12.1 Å². The van der Waals surface area contributed by atoms with Crippen molar-refractivity contribution in [1.82, 2.24) is 4.98 Å². The molecule has 0 bridgehead atoms. The van der Waals surface area contributed by atoms with Crippen molar-refractivity contribution < 1.29 is 0 Å². The fourth-order valence-corrected chi connectivity index (χ4v) is 1.89. The minimum absolute atomic E-state index is 1.00. The second-order valence-corrected chi connectivity index (χ2v) is 4.75. The third kappa shape index (κ3) is 2.42. The van der Waals surface area contributed by atoms with Crippen LogP contribution in [-0.4, -0.2) is 19.1 Å². The van der Waals surface area contributed by atoms with Gasteiger partial charge in [0, 0.05) is 42.2 Å². The Morgan fingerprint density at radius 2 is 1.69 bits per heavy atom. The summed E-state index contributed by atoms with van der Waals surface area (Å²) in [5, 5.41) is 0. The third-order valence-electron chi connectivity index (χ3n) is 2.42. The normalized spacial score (nSPS) is 10.2. The molecule has 1 aromatic heterocycles. The summed E-state index contributed by atoms with van der Waals surface area (Å²) < 4.78 is 1.00. The zero-order chi connectivity index (χ0) is 11.5. The maximum Gasteiger partial charge on any atom is 0.0410 e. The highest BCUT2D eigenvalue weighted by molar-refractivity contribution is 9.10. The molecule has 82 valence electrons. The average Bonchev–Trinajstić information content (AvgIpc) is 2.29. The second kappa shape index (κ2) is 4.66. The predicted molar refractivity (Wildman–Crippen MR) is 71.7 cm³/mol. The van der Waals surface area contributed by atoms with E-state index in [4.69, 9.17) is 0 Å². The van der Waals surface area contributed by atoms with Gasteiger partial charge in [0.15, 0.2) is 0 Å². The van der Waals surface area contributed by atoms with Crippen LogP contribution >= 0.6 is 15.9 Å². The van der Waals surface area contributed by atoms with Gasteiger partial charge in [-0.25, -0.2) is 0 Å². The van der Waals surface area contributed by atoms with Gasteiger partial charge in [-0.15, -0.1) is 0 Å². The number of rotatable bonds is 2. The number of pyridine rings is 1. The molecule has 0 spiro atoms. The zero-order valence-corrected chi connectivity index (χ0v) is 10.9. The Hall–Kier alpha value is -1.35. The number of aromatic nitrogens is 1. The SMILES string of the molecule is CN(C)c1ccc(-c2cncc(Br)c2)cc1. The summed E-state index contributed by atoms with van der Waals surface area (Å²) in [7, 11) is 4.07. The summed E-state index contributed by atoms with van der Waals surface area (Å²) >= 11 is 3.43. The molecule has 0 aliphatic rings. The van der Waals surface area contributed by atoms with Crippen molar-refractivity contribution in [2.24, 2.45) is 0 Å². The van der Waals surface area contributed by atoms with E-state index in [1.54, 1.807) is 6.20 Å². The van der Waals surface area contributed by atoms with Crippen molar-refractivity contribution in [3.05, 3.63) is 47.2 Å². The van der Waals surface area contributed by atoms with Gasteiger partial charge in [0.05, 0.1) is 0 Å². The van der Waals surface area contributed by atoms with Crippen molar-refractivity contribution >= 4 is 21.6 Å². The van der Waals surface area contributed by atoms with Crippen LogP contribution in [0.1, 0.15) is 0 Å². The highest BCUT2D eigenvalue weighted by atomic mass is 79.9. The first-order chi connectivity index (χ1) is 7.66. The highest BCUT2D eigenvalue weighted by Crippen LogP contribution is 2.23. The molecule has 0 unspecified atom stereocenters. The van der Waals surface area contributed by atoms with E-state index in [1.807, 2.05) is 20.3 Å². The van der Waals surface area contributed by atoms with E-state index in [9.17, 15) is 0 Å². The Balaban J connectivity index is 2.35. The molecule has 16 heavy (non-hydrogen) atoms.